The summed E-state index contributed by atoms with van der Waals surface area (Å²) in [6, 6.07) is -6.69. The lowest BCUT2D eigenvalue weighted by atomic mass is 9.88. The molecule has 7 heterocycles. The maximum atomic E-state index is 13.6. The summed E-state index contributed by atoms with van der Waals surface area (Å²) in [5, 5.41) is 258. The van der Waals surface area contributed by atoms with Gasteiger partial charge in [0.05, 0.1) is 77.1 Å². The third-order valence-electron chi connectivity index (χ3n) is 26.4. The second-order valence-corrected chi connectivity index (χ2v) is 37.4. The molecule has 0 aromatic rings. The normalized spacial score (nSPS) is 36.3. The molecule has 0 saturated carbocycles. The minimum absolute atomic E-state index is 0.149. The molecule has 0 aliphatic carbocycles. The highest BCUT2D eigenvalue weighted by Gasteiger charge is 2.63. The summed E-state index contributed by atoms with van der Waals surface area (Å²) in [4.78, 5) is 65.2. The highest BCUT2D eigenvalue weighted by molar-refractivity contribution is 5.77. The van der Waals surface area contributed by atoms with Crippen molar-refractivity contribution in [3.63, 3.8) is 0 Å². The number of aliphatic carboxylic acids is 1. The molecule has 0 aromatic heterocycles. The van der Waals surface area contributed by atoms with Gasteiger partial charge in [0.15, 0.2) is 37.7 Å². The first kappa shape index (κ1) is 120. The molecule has 38 atom stereocenters. The van der Waals surface area contributed by atoms with Gasteiger partial charge in [-0.05, 0) is 44.9 Å². The van der Waals surface area contributed by atoms with Crippen LogP contribution in [0.25, 0.3) is 0 Å². The molecule has 0 radical (unpaired) electrons. The Balaban J connectivity index is 0.984. The zero-order chi connectivity index (χ0) is 101. The third-order valence-corrected chi connectivity index (χ3v) is 26.4. The van der Waals surface area contributed by atoms with Gasteiger partial charge in [0.1, 0.15) is 165 Å². The summed E-state index contributed by atoms with van der Waals surface area (Å²) in [7, 11) is 0. The van der Waals surface area contributed by atoms with Crippen LogP contribution in [0.5, 0.6) is 0 Å². The van der Waals surface area contributed by atoms with E-state index in [-0.39, 0.29) is 12.3 Å². The molecule has 7 aliphatic heterocycles. The van der Waals surface area contributed by atoms with Gasteiger partial charge in [-0.15, -0.1) is 0 Å². The number of carboxylic acids is 1. The number of aliphatic hydroxyl groups is 21. The van der Waals surface area contributed by atoms with Crippen molar-refractivity contribution >= 4 is 29.6 Å². The fraction of sp³-hybridized carbons (Fsp3) is 0.903. The van der Waals surface area contributed by atoms with Gasteiger partial charge in [0.2, 0.25) is 23.6 Å². The molecular formula is C93H164N4O41. The van der Waals surface area contributed by atoms with E-state index < -0.39 is 315 Å². The minimum Gasteiger partial charge on any atom is -0.477 e. The van der Waals surface area contributed by atoms with E-state index in [0.717, 1.165) is 85.0 Å². The SMILES string of the molecule is CCCCCCCC/C=C\CCCCCCCCCCCCCC(=O)N[C@@H](CO[C@@H]1OC(CO)[C@@H](O[C@@H]2OC(CO)[C@H](O)[C@H](O[C@@H]3OC(CO)[C@@H](O[C@@H]4OC(CO)[C@H](O)[C@H](O[C@H]5OC(CO)[C@@H](O[C@@H]6OC(CO)[C@H](O)[C@H](O[C@]7(C(=O)O)CC(O)[C@@H](NC(C)=O)C([C@H](O)[C@H](O)CO)O7)C6O)[C@H](O)C5NC(C)=O)C4O)[C@H](O)C3NC(C)=O)C2O)[C@H](O)C1O)[C@H](O)/C=C/CCCCCCCCCCCCC. The second kappa shape index (κ2) is 63.1. The van der Waals surface area contributed by atoms with E-state index in [0.29, 0.717) is 12.8 Å². The number of carbonyl (C=O) groups is 5. The van der Waals surface area contributed by atoms with Crippen LogP contribution in [0.2, 0.25) is 0 Å². The zero-order valence-corrected chi connectivity index (χ0v) is 80.3. The van der Waals surface area contributed by atoms with Crippen LogP contribution in [-0.4, -0.2) is 427 Å². The molecular weight excluding hydrogens is 1830 g/mol. The van der Waals surface area contributed by atoms with E-state index in [1.807, 2.05) is 6.08 Å². The summed E-state index contributed by atoms with van der Waals surface area (Å²) in [6.45, 7) is -0.981. The fourth-order valence-electron chi connectivity index (χ4n) is 18.5. The van der Waals surface area contributed by atoms with Crippen LogP contribution in [0.15, 0.2) is 24.3 Å². The first-order valence-electron chi connectivity index (χ1n) is 49.8. The van der Waals surface area contributed by atoms with Crippen LogP contribution in [0.4, 0.5) is 0 Å². The Hall–Kier alpha value is -4.57. The van der Waals surface area contributed by atoms with Crippen molar-refractivity contribution in [1.82, 2.24) is 21.3 Å². The largest absolute Gasteiger partial charge is 0.477 e. The number of amides is 4. The van der Waals surface area contributed by atoms with Crippen LogP contribution in [0.3, 0.4) is 0 Å². The van der Waals surface area contributed by atoms with E-state index in [9.17, 15) is 136 Å². The Bertz CT molecular complexity index is 3470. The first-order valence-corrected chi connectivity index (χ1v) is 49.8. The van der Waals surface area contributed by atoms with Crippen molar-refractivity contribution in [2.75, 3.05) is 52.9 Å². The molecule has 7 rings (SSSR count). The number of carbonyl (C=O) groups excluding carboxylic acids is 4. The molecule has 7 saturated heterocycles. The molecule has 138 heavy (non-hydrogen) atoms. The molecule has 0 bridgehead atoms. The maximum Gasteiger partial charge on any atom is 0.364 e. The summed E-state index contributed by atoms with van der Waals surface area (Å²) < 4.78 is 83.1. The molecule has 45 heteroatoms. The second-order valence-electron chi connectivity index (χ2n) is 37.4. The minimum atomic E-state index is -3.25. The number of nitrogens with one attached hydrogen (secondary N) is 4. The lowest BCUT2D eigenvalue weighted by Crippen LogP contribution is -2.71. The number of hydrogen-bond acceptors (Lipinski definition) is 40. The Kier molecular flexibility index (Phi) is 55.0. The van der Waals surface area contributed by atoms with Crippen molar-refractivity contribution in [3.8, 4) is 0 Å². The van der Waals surface area contributed by atoms with Crippen LogP contribution in [0.1, 0.15) is 247 Å². The lowest BCUT2D eigenvalue weighted by Gasteiger charge is -2.51. The number of rotatable bonds is 64. The van der Waals surface area contributed by atoms with Gasteiger partial charge in [0, 0.05) is 33.6 Å². The highest BCUT2D eigenvalue weighted by Crippen LogP contribution is 2.42. The number of carboxylic acid groups (broad SMARTS) is 1. The fourth-order valence-corrected chi connectivity index (χ4v) is 18.5. The third kappa shape index (κ3) is 35.9. The van der Waals surface area contributed by atoms with Gasteiger partial charge in [-0.3, -0.25) is 19.2 Å². The monoisotopic (exact) mass is 1990 g/mol. The quantitative estimate of drug-likeness (QED) is 0.0211. The zero-order valence-electron chi connectivity index (χ0n) is 80.3. The lowest BCUT2D eigenvalue weighted by molar-refractivity contribution is -0.391. The van der Waals surface area contributed by atoms with E-state index in [1.165, 1.54) is 122 Å². The van der Waals surface area contributed by atoms with Crippen LogP contribution in [0, 0.1) is 0 Å². The number of ether oxygens (including phenoxy) is 14. The average molecular weight is 1990 g/mol. The standard InChI is InChI=1S/C93H164N4O41/c1-6-8-10-12-14-16-18-20-21-22-23-24-25-26-27-29-31-33-35-37-39-41-64(111)97-54(55(108)40-38-36-34-32-30-28-19-17-15-13-11-9-7-2)50-125-88-75(119)74(118)81(63(49-104)131-88)134-90-77(121)84(70(114)59(45-100)127-90)136-86-66(95-52(4)106)72(116)79(61(47-102)129-86)132-89-76(120)83(69(113)58(44-99)126-89)135-87-67(96-53(5)107)73(117)80(62(48-103)130-87)133-91-78(122)85(71(115)60(46-101)128-91)138-93(92(123)124)42-56(109)65(94-51(3)105)82(137-93)68(112)57(110)43-98/h20-21,38,40,54-63,65-91,98-104,108-110,112-122H,6-19,22-37,39,41-50H2,1-5H3,(H,94,105)(H,95,106)(H,96,107)(H,97,111)(H,123,124)/b21-20-,40-38+/t54-,55+,56?,57+,58?,59?,60?,61?,62?,63?,65+,66?,67?,68+,69-,70-,71-,72+,73+,74+,75?,76?,77?,78?,79+,80+,81+,82?,83-,84-,85-,86-,87+,88+,89-,90-,91-,93-/m0/s1. The predicted molar refractivity (Wildman–Crippen MR) is 483 cm³/mol. The summed E-state index contributed by atoms with van der Waals surface area (Å²) in [5.41, 5.74) is 0. The van der Waals surface area contributed by atoms with Gasteiger partial charge in [-0.2, -0.15) is 0 Å². The van der Waals surface area contributed by atoms with Crippen molar-refractivity contribution < 1.29 is 203 Å². The maximum absolute atomic E-state index is 13.6. The molecule has 0 aromatic carbocycles. The Morgan fingerprint density at radius 1 is 0.377 bits per heavy atom. The van der Waals surface area contributed by atoms with E-state index in [4.69, 9.17) is 66.3 Å². The van der Waals surface area contributed by atoms with Crippen LogP contribution >= 0.6 is 0 Å². The van der Waals surface area contributed by atoms with E-state index in [2.05, 4.69) is 47.3 Å². The van der Waals surface area contributed by atoms with Crippen molar-refractivity contribution in [2.45, 2.75) is 479 Å². The average Bonchev–Trinajstić information content (AvgIpc) is 0.754. The van der Waals surface area contributed by atoms with Crippen LogP contribution < -0.4 is 21.3 Å². The van der Waals surface area contributed by atoms with Crippen molar-refractivity contribution in [2.24, 2.45) is 0 Å². The van der Waals surface area contributed by atoms with Crippen LogP contribution in [-0.2, 0) is 90.3 Å². The summed E-state index contributed by atoms with van der Waals surface area (Å²) in [6.07, 6.45) is -25.8. The number of aliphatic hydroxyl groups excluding tert-OH is 21. The van der Waals surface area contributed by atoms with E-state index >= 15 is 0 Å². The Labute approximate surface area is 806 Å². The highest BCUT2D eigenvalue weighted by atomic mass is 16.8. The van der Waals surface area contributed by atoms with Gasteiger partial charge in [-0.25, -0.2) is 4.79 Å². The number of unbranched alkanes of at least 4 members (excludes halogenated alkanes) is 28. The molecule has 26 N–H and O–H groups in total. The van der Waals surface area contributed by atoms with Gasteiger partial charge >= 0.3 is 5.97 Å². The van der Waals surface area contributed by atoms with Crippen molar-refractivity contribution in [1.29, 1.82) is 0 Å². The van der Waals surface area contributed by atoms with Gasteiger partial charge in [-0.1, -0.05) is 192 Å². The van der Waals surface area contributed by atoms with Gasteiger partial charge in [0.25, 0.3) is 5.79 Å². The number of hydrogen-bond donors (Lipinski definition) is 26. The molecule has 7 aliphatic rings. The molecule has 7 fully saturated rings. The molecule has 802 valence electrons. The van der Waals surface area contributed by atoms with Gasteiger partial charge < -0.3 is 200 Å². The summed E-state index contributed by atoms with van der Waals surface area (Å²) in [5.74, 6) is -8.44. The number of allylic oxidation sites excluding steroid dienone is 3. The first-order chi connectivity index (χ1) is 66.1. The Morgan fingerprint density at radius 3 is 1.09 bits per heavy atom. The predicted octanol–water partition coefficient (Wildman–Crippen LogP) is -3.13. The molecule has 45 nitrogen and oxygen atoms in total. The Morgan fingerprint density at radius 2 is 0.710 bits per heavy atom. The molecule has 14 unspecified atom stereocenters. The topological polar surface area (TPSA) is 708 Å². The van der Waals surface area contributed by atoms with E-state index in [1.54, 1.807) is 6.08 Å². The smallest absolute Gasteiger partial charge is 0.364 e. The molecule has 4 amide bonds. The summed E-state index contributed by atoms with van der Waals surface area (Å²) >= 11 is 0. The van der Waals surface area contributed by atoms with Crippen molar-refractivity contribution in [3.05, 3.63) is 24.3 Å². The molecule has 0 spiro atoms.